The summed E-state index contributed by atoms with van der Waals surface area (Å²) in [5.74, 6) is -1.13. The van der Waals surface area contributed by atoms with Crippen molar-refractivity contribution in [3.05, 3.63) is 83.0 Å². The van der Waals surface area contributed by atoms with Gasteiger partial charge in [0.05, 0.1) is 0 Å². The molecule has 0 heterocycles. The molecule has 1 atom stereocenters. The Bertz CT molecular complexity index is 830. The minimum atomic E-state index is -0.807. The first-order valence-corrected chi connectivity index (χ1v) is 8.86. The largest absolute Gasteiger partial charge is 0.204 e. The Labute approximate surface area is 148 Å². The van der Waals surface area contributed by atoms with Gasteiger partial charge < -0.3 is 0 Å². The van der Waals surface area contributed by atoms with Crippen molar-refractivity contribution >= 4 is 0 Å². The molecule has 0 radical (unpaired) electrons. The van der Waals surface area contributed by atoms with Crippen molar-refractivity contribution < 1.29 is 8.78 Å². The van der Waals surface area contributed by atoms with Crippen molar-refractivity contribution in [2.75, 3.05) is 0 Å². The molecule has 130 valence electrons. The lowest BCUT2D eigenvalue weighted by molar-refractivity contribution is 0.500. The summed E-state index contributed by atoms with van der Waals surface area (Å²) in [5.41, 5.74) is 6.18. The number of benzene rings is 2. The lowest BCUT2D eigenvalue weighted by atomic mass is 9.77. The van der Waals surface area contributed by atoms with E-state index in [1.807, 2.05) is 18.2 Å². The van der Waals surface area contributed by atoms with Crippen molar-refractivity contribution in [2.24, 2.45) is 5.92 Å². The number of hydrogen-bond donors (Lipinski definition) is 0. The summed E-state index contributed by atoms with van der Waals surface area (Å²) in [6.07, 6.45) is 4.40. The molecule has 0 saturated heterocycles. The fourth-order valence-electron chi connectivity index (χ4n) is 4.04. The molecule has 1 aliphatic rings. The SMILES string of the molecule is C=C(C)C1=C(C)CCCC1Cc1cccc(-c2cccc(F)c2F)c1. The molecule has 0 aliphatic heterocycles. The van der Waals surface area contributed by atoms with Crippen molar-refractivity contribution in [2.45, 2.75) is 39.5 Å². The Morgan fingerprint density at radius 3 is 2.68 bits per heavy atom. The summed E-state index contributed by atoms with van der Waals surface area (Å²) >= 11 is 0. The van der Waals surface area contributed by atoms with Crippen molar-refractivity contribution in [1.82, 2.24) is 0 Å². The third-order valence-corrected chi connectivity index (χ3v) is 5.10. The molecule has 3 rings (SSSR count). The molecular weight excluding hydrogens is 314 g/mol. The maximum absolute atomic E-state index is 14.1. The van der Waals surface area contributed by atoms with Crippen molar-refractivity contribution in [1.29, 1.82) is 0 Å². The van der Waals surface area contributed by atoms with Gasteiger partial charge in [0, 0.05) is 5.56 Å². The first kappa shape index (κ1) is 17.6. The number of halogens is 2. The summed E-state index contributed by atoms with van der Waals surface area (Å²) in [6.45, 7) is 8.44. The predicted molar refractivity (Wildman–Crippen MR) is 100 cm³/mol. The van der Waals surface area contributed by atoms with Crippen LogP contribution in [0.15, 0.2) is 65.8 Å². The molecule has 2 aromatic rings. The molecule has 25 heavy (non-hydrogen) atoms. The minimum Gasteiger partial charge on any atom is -0.204 e. The van der Waals surface area contributed by atoms with Crippen LogP contribution in [0.25, 0.3) is 11.1 Å². The maximum atomic E-state index is 14.1. The Hall–Kier alpha value is -2.22. The van der Waals surface area contributed by atoms with Gasteiger partial charge in [0.25, 0.3) is 0 Å². The Morgan fingerprint density at radius 2 is 1.92 bits per heavy atom. The van der Waals surface area contributed by atoms with E-state index in [0.29, 0.717) is 11.5 Å². The number of allylic oxidation sites excluding steroid dienone is 3. The molecule has 1 unspecified atom stereocenters. The second-order valence-corrected chi connectivity index (χ2v) is 7.07. The molecule has 1 aliphatic carbocycles. The third kappa shape index (κ3) is 3.73. The fourth-order valence-corrected chi connectivity index (χ4v) is 4.04. The zero-order valence-electron chi connectivity index (χ0n) is 14.9. The van der Waals surface area contributed by atoms with E-state index in [4.69, 9.17) is 0 Å². The molecule has 0 fully saturated rings. The van der Waals surface area contributed by atoms with Gasteiger partial charge in [0.15, 0.2) is 11.6 Å². The maximum Gasteiger partial charge on any atom is 0.166 e. The van der Waals surface area contributed by atoms with Gasteiger partial charge in [-0.2, -0.15) is 0 Å². The van der Waals surface area contributed by atoms with Crippen molar-refractivity contribution in [3.63, 3.8) is 0 Å². The van der Waals surface area contributed by atoms with Crippen LogP contribution in [-0.2, 0) is 6.42 Å². The van der Waals surface area contributed by atoms with Gasteiger partial charge in [-0.25, -0.2) is 8.78 Å². The molecular formula is C23H24F2. The third-order valence-electron chi connectivity index (χ3n) is 5.10. The van der Waals surface area contributed by atoms with E-state index in [0.717, 1.165) is 42.0 Å². The van der Waals surface area contributed by atoms with Crippen molar-refractivity contribution in [3.8, 4) is 11.1 Å². The number of hydrogen-bond acceptors (Lipinski definition) is 0. The molecule has 0 bridgehead atoms. The topological polar surface area (TPSA) is 0 Å². The van der Waals surface area contributed by atoms with E-state index >= 15 is 0 Å². The molecule has 0 amide bonds. The fraction of sp³-hybridized carbons (Fsp3) is 0.304. The molecule has 0 spiro atoms. The lowest BCUT2D eigenvalue weighted by Gasteiger charge is -2.28. The smallest absolute Gasteiger partial charge is 0.166 e. The lowest BCUT2D eigenvalue weighted by Crippen LogP contribution is -2.15. The first-order chi connectivity index (χ1) is 12.0. The summed E-state index contributed by atoms with van der Waals surface area (Å²) in [7, 11) is 0. The molecule has 0 aromatic heterocycles. The molecule has 0 nitrogen and oxygen atoms in total. The van der Waals surface area contributed by atoms with Gasteiger partial charge in [-0.05, 0) is 68.2 Å². The van der Waals surface area contributed by atoms with Crippen LogP contribution in [0.2, 0.25) is 0 Å². The van der Waals surface area contributed by atoms with E-state index in [2.05, 4.69) is 26.5 Å². The minimum absolute atomic E-state index is 0.317. The Balaban J connectivity index is 1.91. The van der Waals surface area contributed by atoms with E-state index in [1.54, 1.807) is 12.1 Å². The number of rotatable bonds is 4. The predicted octanol–water partition coefficient (Wildman–Crippen LogP) is 6.87. The molecule has 2 heteroatoms. The highest BCUT2D eigenvalue weighted by atomic mass is 19.2. The van der Waals surface area contributed by atoms with Gasteiger partial charge in [0.2, 0.25) is 0 Å². The quantitative estimate of drug-likeness (QED) is 0.571. The summed E-state index contributed by atoms with van der Waals surface area (Å²) < 4.78 is 27.6. The summed E-state index contributed by atoms with van der Waals surface area (Å²) in [6, 6.07) is 12.1. The van der Waals surface area contributed by atoms with E-state index in [1.165, 1.54) is 17.6 Å². The Kier molecular flexibility index (Phi) is 5.17. The standard InChI is InChI=1S/C23H24F2/c1-15(2)22-16(3)7-4-10-19(22)14-17-8-5-9-18(13-17)20-11-6-12-21(24)23(20)25/h5-6,8-9,11-13,19H,1,4,7,10,14H2,2-3H3. The zero-order chi connectivity index (χ0) is 18.0. The highest BCUT2D eigenvalue weighted by molar-refractivity contribution is 5.65. The molecule has 2 aromatic carbocycles. The Morgan fingerprint density at radius 1 is 1.16 bits per heavy atom. The van der Waals surface area contributed by atoms with Gasteiger partial charge in [0.1, 0.15) is 0 Å². The second kappa shape index (κ2) is 7.35. The van der Waals surface area contributed by atoms with Crippen LogP contribution in [0, 0.1) is 17.6 Å². The van der Waals surface area contributed by atoms with E-state index in [-0.39, 0.29) is 0 Å². The monoisotopic (exact) mass is 338 g/mol. The summed E-state index contributed by atoms with van der Waals surface area (Å²) in [4.78, 5) is 0. The van der Waals surface area contributed by atoms with Crippen LogP contribution < -0.4 is 0 Å². The van der Waals surface area contributed by atoms with E-state index in [9.17, 15) is 8.78 Å². The summed E-state index contributed by atoms with van der Waals surface area (Å²) in [5, 5.41) is 0. The molecule has 0 saturated carbocycles. The van der Waals surface area contributed by atoms with Gasteiger partial charge in [-0.3, -0.25) is 0 Å². The zero-order valence-corrected chi connectivity index (χ0v) is 14.9. The average molecular weight is 338 g/mol. The molecule has 0 N–H and O–H groups in total. The van der Waals surface area contributed by atoms with Crippen LogP contribution in [0.1, 0.15) is 38.7 Å². The van der Waals surface area contributed by atoms with Crippen LogP contribution in [0.5, 0.6) is 0 Å². The van der Waals surface area contributed by atoms with Gasteiger partial charge in [-0.1, -0.05) is 54.1 Å². The highest BCUT2D eigenvalue weighted by Crippen LogP contribution is 2.36. The van der Waals surface area contributed by atoms with E-state index < -0.39 is 11.6 Å². The normalized spacial score (nSPS) is 17.7. The highest BCUT2D eigenvalue weighted by Gasteiger charge is 2.22. The second-order valence-electron chi connectivity index (χ2n) is 7.07. The van der Waals surface area contributed by atoms with Crippen LogP contribution in [0.3, 0.4) is 0 Å². The van der Waals surface area contributed by atoms with Crippen LogP contribution in [0.4, 0.5) is 8.78 Å². The van der Waals surface area contributed by atoms with Gasteiger partial charge in [-0.15, -0.1) is 0 Å². The van der Waals surface area contributed by atoms with Crippen LogP contribution in [-0.4, -0.2) is 0 Å². The first-order valence-electron chi connectivity index (χ1n) is 8.86. The average Bonchev–Trinajstić information content (AvgIpc) is 2.57. The van der Waals surface area contributed by atoms with Gasteiger partial charge >= 0.3 is 0 Å². The van der Waals surface area contributed by atoms with Crippen LogP contribution >= 0.6 is 0 Å².